The number of likely N-dealkylation sites (tertiary alicyclic amines) is 1. The molecule has 0 spiro atoms. The number of amides is 1. The minimum atomic E-state index is -0.715. The molecular weight excluding hydrogens is 378 g/mol. The normalized spacial score (nSPS) is 18.1. The molecule has 4 rings (SSSR count). The van der Waals surface area contributed by atoms with Crippen LogP contribution < -0.4 is 0 Å². The fraction of sp³-hybridized carbons (Fsp3) is 0.167. The second-order valence-electron chi connectivity index (χ2n) is 7.39. The molecule has 1 aliphatic heterocycles. The van der Waals surface area contributed by atoms with Gasteiger partial charge < -0.3 is 10.0 Å². The van der Waals surface area contributed by atoms with E-state index >= 15 is 0 Å². The summed E-state index contributed by atoms with van der Waals surface area (Å²) in [4.78, 5) is 35.7. The monoisotopic (exact) mass is 399 g/mol. The molecule has 0 aliphatic carbocycles. The number of aliphatic hydroxyl groups excluding tert-OH is 1. The Labute approximate surface area is 174 Å². The predicted molar refractivity (Wildman–Crippen MR) is 112 cm³/mol. The average molecular weight is 399 g/mol. The van der Waals surface area contributed by atoms with Crippen LogP contribution in [0.2, 0.25) is 0 Å². The van der Waals surface area contributed by atoms with E-state index < -0.39 is 17.7 Å². The van der Waals surface area contributed by atoms with Crippen molar-refractivity contribution in [3.8, 4) is 0 Å². The van der Waals surface area contributed by atoms with Crippen molar-refractivity contribution in [1.29, 1.82) is 0 Å². The predicted octanol–water partition coefficient (Wildman–Crippen LogP) is 3.72. The lowest BCUT2D eigenvalue weighted by Gasteiger charge is -2.25. The summed E-state index contributed by atoms with van der Waals surface area (Å²) in [5.74, 6) is -1.50. The third-order valence-corrected chi connectivity index (χ3v) is 5.29. The zero-order valence-corrected chi connectivity index (χ0v) is 16.7. The smallest absolute Gasteiger partial charge is 0.295 e. The molecule has 6 nitrogen and oxygen atoms in total. The number of carbonyl (C=O) groups is 2. The molecule has 1 N–H and O–H groups in total. The topological polar surface area (TPSA) is 83.4 Å². The summed E-state index contributed by atoms with van der Waals surface area (Å²) in [6, 6.07) is 12.1. The van der Waals surface area contributed by atoms with Crippen molar-refractivity contribution in [2.45, 2.75) is 26.4 Å². The first-order valence-electron chi connectivity index (χ1n) is 9.62. The Hall–Kier alpha value is -3.80. The Morgan fingerprint density at radius 2 is 1.80 bits per heavy atom. The van der Waals surface area contributed by atoms with E-state index in [9.17, 15) is 14.7 Å². The number of ketones is 1. The maximum atomic E-state index is 13.1. The van der Waals surface area contributed by atoms with Crippen molar-refractivity contribution in [1.82, 2.24) is 14.9 Å². The summed E-state index contributed by atoms with van der Waals surface area (Å²) in [5, 5.41) is 11.2. The van der Waals surface area contributed by atoms with Gasteiger partial charge in [-0.25, -0.2) is 0 Å². The molecule has 1 aromatic carbocycles. The Morgan fingerprint density at radius 3 is 2.50 bits per heavy atom. The molecular formula is C24H21N3O3. The number of hydrogen-bond donors (Lipinski definition) is 1. The second kappa shape index (κ2) is 7.91. The Kier molecular flexibility index (Phi) is 5.14. The number of aryl methyl sites for hydroxylation is 2. The number of Topliss-reactive ketones (excluding diaryl/α,β-unsaturated/α-hetero) is 1. The summed E-state index contributed by atoms with van der Waals surface area (Å²) < 4.78 is 0. The summed E-state index contributed by atoms with van der Waals surface area (Å²) >= 11 is 0. The Balaban J connectivity index is 1.89. The maximum absolute atomic E-state index is 13.1. The van der Waals surface area contributed by atoms with Crippen molar-refractivity contribution in [2.24, 2.45) is 0 Å². The zero-order valence-electron chi connectivity index (χ0n) is 16.7. The molecule has 1 amide bonds. The van der Waals surface area contributed by atoms with Crippen molar-refractivity contribution in [3.63, 3.8) is 0 Å². The van der Waals surface area contributed by atoms with Crippen molar-refractivity contribution < 1.29 is 14.7 Å². The van der Waals surface area contributed by atoms with Crippen LogP contribution in [0.1, 0.15) is 33.9 Å². The van der Waals surface area contributed by atoms with E-state index in [0.29, 0.717) is 11.1 Å². The number of nitrogens with zero attached hydrogens (tertiary/aromatic N) is 3. The van der Waals surface area contributed by atoms with Crippen LogP contribution in [-0.2, 0) is 16.1 Å². The highest BCUT2D eigenvalue weighted by Gasteiger charge is 2.46. The van der Waals surface area contributed by atoms with Crippen LogP contribution >= 0.6 is 0 Å². The van der Waals surface area contributed by atoms with Gasteiger partial charge in [0, 0.05) is 36.9 Å². The highest BCUT2D eigenvalue weighted by molar-refractivity contribution is 6.46. The van der Waals surface area contributed by atoms with Crippen LogP contribution in [0, 0.1) is 13.8 Å². The second-order valence-corrected chi connectivity index (χ2v) is 7.39. The van der Waals surface area contributed by atoms with Gasteiger partial charge in [-0.1, -0.05) is 23.8 Å². The molecule has 1 fully saturated rings. The van der Waals surface area contributed by atoms with Gasteiger partial charge in [0.25, 0.3) is 11.7 Å². The Morgan fingerprint density at radius 1 is 1.03 bits per heavy atom. The molecule has 0 saturated carbocycles. The van der Waals surface area contributed by atoms with Gasteiger partial charge in [-0.2, -0.15) is 0 Å². The lowest BCUT2D eigenvalue weighted by molar-refractivity contribution is -0.140. The van der Waals surface area contributed by atoms with E-state index in [4.69, 9.17) is 0 Å². The number of rotatable bonds is 4. The lowest BCUT2D eigenvalue weighted by Crippen LogP contribution is -2.29. The van der Waals surface area contributed by atoms with E-state index in [1.807, 2.05) is 38.1 Å². The molecule has 0 bridgehead atoms. The van der Waals surface area contributed by atoms with Gasteiger partial charge >= 0.3 is 0 Å². The van der Waals surface area contributed by atoms with Crippen LogP contribution in [0.3, 0.4) is 0 Å². The summed E-state index contributed by atoms with van der Waals surface area (Å²) in [7, 11) is 0. The van der Waals surface area contributed by atoms with E-state index in [0.717, 1.165) is 16.7 Å². The highest BCUT2D eigenvalue weighted by atomic mass is 16.3. The molecule has 3 aromatic rings. The number of aromatic nitrogens is 2. The van der Waals surface area contributed by atoms with Gasteiger partial charge in [0.05, 0.1) is 11.6 Å². The Bertz CT molecular complexity index is 1140. The lowest BCUT2D eigenvalue weighted by atomic mass is 9.93. The van der Waals surface area contributed by atoms with Crippen LogP contribution in [0.4, 0.5) is 0 Å². The number of pyridine rings is 2. The zero-order chi connectivity index (χ0) is 21.3. The summed E-state index contributed by atoms with van der Waals surface area (Å²) in [6.07, 6.45) is 6.53. The largest absolute Gasteiger partial charge is 0.507 e. The van der Waals surface area contributed by atoms with E-state index in [-0.39, 0.29) is 17.9 Å². The molecule has 1 atom stereocenters. The minimum absolute atomic E-state index is 0.0868. The molecule has 30 heavy (non-hydrogen) atoms. The van der Waals surface area contributed by atoms with Gasteiger partial charge in [-0.05, 0) is 54.8 Å². The third kappa shape index (κ3) is 3.48. The standard InChI is InChI=1S/C24H21N3O3/c1-15-5-6-16(2)19(12-15)22(28)20-21(18-7-10-25-11-8-18)27(24(30)23(20)29)14-17-4-3-9-26-13-17/h3-13,21,28H,14H2,1-2H3/b22-20+. The minimum Gasteiger partial charge on any atom is -0.507 e. The van der Waals surface area contributed by atoms with Crippen molar-refractivity contribution in [3.05, 3.63) is 101 Å². The average Bonchev–Trinajstić information content (AvgIpc) is 3.01. The third-order valence-electron chi connectivity index (χ3n) is 5.29. The molecule has 1 aliphatic rings. The molecule has 3 heterocycles. The maximum Gasteiger partial charge on any atom is 0.295 e. The van der Waals surface area contributed by atoms with Crippen LogP contribution in [0.5, 0.6) is 0 Å². The molecule has 0 radical (unpaired) electrons. The van der Waals surface area contributed by atoms with Gasteiger partial charge in [0.15, 0.2) is 0 Å². The highest BCUT2D eigenvalue weighted by Crippen LogP contribution is 2.40. The summed E-state index contributed by atoms with van der Waals surface area (Å²) in [5.41, 5.74) is 3.92. The summed E-state index contributed by atoms with van der Waals surface area (Å²) in [6.45, 7) is 3.98. The fourth-order valence-electron chi connectivity index (χ4n) is 3.76. The fourth-order valence-corrected chi connectivity index (χ4v) is 3.76. The van der Waals surface area contributed by atoms with Gasteiger partial charge in [-0.15, -0.1) is 0 Å². The number of aliphatic hydroxyl groups is 1. The number of benzene rings is 1. The van der Waals surface area contributed by atoms with Crippen LogP contribution in [-0.4, -0.2) is 31.7 Å². The molecule has 1 unspecified atom stereocenters. The first-order chi connectivity index (χ1) is 14.5. The van der Waals surface area contributed by atoms with E-state index in [1.165, 1.54) is 4.90 Å². The number of hydrogen-bond acceptors (Lipinski definition) is 5. The first kappa shape index (κ1) is 19.5. The van der Waals surface area contributed by atoms with Gasteiger partial charge in [0.1, 0.15) is 5.76 Å². The molecule has 2 aromatic heterocycles. The van der Waals surface area contributed by atoms with Gasteiger partial charge in [-0.3, -0.25) is 19.6 Å². The molecule has 150 valence electrons. The van der Waals surface area contributed by atoms with Gasteiger partial charge in [0.2, 0.25) is 0 Å². The van der Waals surface area contributed by atoms with Crippen molar-refractivity contribution >= 4 is 17.4 Å². The quantitative estimate of drug-likeness (QED) is 0.411. The van der Waals surface area contributed by atoms with Crippen LogP contribution in [0.25, 0.3) is 5.76 Å². The number of carbonyl (C=O) groups excluding carboxylic acids is 2. The van der Waals surface area contributed by atoms with Crippen LogP contribution in [0.15, 0.2) is 72.8 Å². The van der Waals surface area contributed by atoms with Crippen molar-refractivity contribution in [2.75, 3.05) is 0 Å². The molecule has 6 heteroatoms. The van der Waals surface area contributed by atoms with E-state index in [2.05, 4.69) is 9.97 Å². The first-order valence-corrected chi connectivity index (χ1v) is 9.62. The molecule has 1 saturated heterocycles. The van der Waals surface area contributed by atoms with E-state index in [1.54, 1.807) is 43.0 Å². The SMILES string of the molecule is Cc1ccc(C)c(/C(O)=C2\C(=O)C(=O)N(Cc3cccnc3)C2c2ccncc2)c1.